The molecule has 0 aliphatic heterocycles. The fraction of sp³-hybridized carbons (Fsp3) is 0.100. The molecule has 0 saturated heterocycles. The van der Waals surface area contributed by atoms with Gasteiger partial charge in [-0.3, -0.25) is 4.79 Å². The molecular weight excluding hydrogens is 320 g/mol. The van der Waals surface area contributed by atoms with Crippen LogP contribution in [0, 0.1) is 0 Å². The second kappa shape index (κ2) is 7.28. The standard InChI is InChI=1S/C20H17ClN2O/c21-19-17(20(22)24)13-16(11-14-7-3-1-4-8-14)18(23-19)12-15-9-5-2-6-10-15/h1-10,13H,11-12H2,(H2,22,24). The van der Waals surface area contributed by atoms with Gasteiger partial charge in [-0.2, -0.15) is 0 Å². The highest BCUT2D eigenvalue weighted by Gasteiger charge is 2.15. The molecule has 0 unspecified atom stereocenters. The molecule has 0 spiro atoms. The second-order valence-electron chi connectivity index (χ2n) is 5.62. The van der Waals surface area contributed by atoms with Crippen LogP contribution in [0.15, 0.2) is 66.7 Å². The Balaban J connectivity index is 2.02. The van der Waals surface area contributed by atoms with Gasteiger partial charge in [0.25, 0.3) is 5.91 Å². The molecule has 120 valence electrons. The highest BCUT2D eigenvalue weighted by atomic mass is 35.5. The summed E-state index contributed by atoms with van der Waals surface area (Å²) in [4.78, 5) is 16.0. The Labute approximate surface area is 146 Å². The Morgan fingerprint density at radius 3 is 2.00 bits per heavy atom. The quantitative estimate of drug-likeness (QED) is 0.715. The van der Waals surface area contributed by atoms with E-state index in [4.69, 9.17) is 17.3 Å². The lowest BCUT2D eigenvalue weighted by Gasteiger charge is -2.12. The Morgan fingerprint density at radius 2 is 1.46 bits per heavy atom. The molecular formula is C20H17ClN2O. The third-order valence-corrected chi connectivity index (χ3v) is 4.15. The first-order chi connectivity index (χ1) is 11.6. The van der Waals surface area contributed by atoms with Gasteiger partial charge in [-0.1, -0.05) is 72.3 Å². The van der Waals surface area contributed by atoms with Gasteiger partial charge in [0.2, 0.25) is 0 Å². The zero-order valence-electron chi connectivity index (χ0n) is 13.1. The van der Waals surface area contributed by atoms with Crippen LogP contribution >= 0.6 is 11.6 Å². The number of aromatic nitrogens is 1. The van der Waals surface area contributed by atoms with Crippen molar-refractivity contribution < 1.29 is 4.79 Å². The fourth-order valence-electron chi connectivity index (χ4n) is 2.65. The van der Waals surface area contributed by atoms with Crippen LogP contribution < -0.4 is 5.73 Å². The topological polar surface area (TPSA) is 56.0 Å². The van der Waals surface area contributed by atoms with E-state index in [-0.39, 0.29) is 10.7 Å². The van der Waals surface area contributed by atoms with Gasteiger partial charge in [-0.15, -0.1) is 0 Å². The number of amides is 1. The third-order valence-electron chi connectivity index (χ3n) is 3.86. The zero-order chi connectivity index (χ0) is 16.9. The summed E-state index contributed by atoms with van der Waals surface area (Å²) < 4.78 is 0. The molecule has 0 saturated carbocycles. The van der Waals surface area contributed by atoms with Crippen molar-refractivity contribution in [3.05, 3.63) is 99.8 Å². The van der Waals surface area contributed by atoms with E-state index in [9.17, 15) is 4.79 Å². The highest BCUT2D eigenvalue weighted by Crippen LogP contribution is 2.22. The number of nitrogens with two attached hydrogens (primary N) is 1. The van der Waals surface area contributed by atoms with Crippen LogP contribution in [-0.2, 0) is 12.8 Å². The predicted molar refractivity (Wildman–Crippen MR) is 96.3 cm³/mol. The molecule has 0 aliphatic carbocycles. The number of carbonyl (C=O) groups is 1. The van der Waals surface area contributed by atoms with Gasteiger partial charge in [-0.05, 0) is 29.2 Å². The van der Waals surface area contributed by atoms with Gasteiger partial charge >= 0.3 is 0 Å². The molecule has 0 fully saturated rings. The number of hydrogen-bond acceptors (Lipinski definition) is 2. The number of rotatable bonds is 5. The predicted octanol–water partition coefficient (Wildman–Crippen LogP) is 4.02. The molecule has 2 aromatic carbocycles. The van der Waals surface area contributed by atoms with Crippen molar-refractivity contribution in [1.29, 1.82) is 0 Å². The summed E-state index contributed by atoms with van der Waals surface area (Å²) in [6, 6.07) is 21.9. The minimum atomic E-state index is -0.562. The maximum Gasteiger partial charge on any atom is 0.251 e. The average Bonchev–Trinajstić information content (AvgIpc) is 2.59. The maximum absolute atomic E-state index is 11.6. The molecule has 0 radical (unpaired) electrons. The SMILES string of the molecule is NC(=O)c1cc(Cc2ccccc2)c(Cc2ccccc2)nc1Cl. The molecule has 3 nitrogen and oxygen atoms in total. The molecule has 2 N–H and O–H groups in total. The number of hydrogen-bond donors (Lipinski definition) is 1. The van der Waals surface area contributed by atoms with E-state index in [0.717, 1.165) is 22.4 Å². The van der Waals surface area contributed by atoms with Crippen molar-refractivity contribution in [2.24, 2.45) is 5.73 Å². The van der Waals surface area contributed by atoms with Gasteiger partial charge in [0.15, 0.2) is 0 Å². The molecule has 4 heteroatoms. The number of pyridine rings is 1. The number of nitrogens with zero attached hydrogens (tertiary/aromatic N) is 1. The summed E-state index contributed by atoms with van der Waals surface area (Å²) in [6.07, 6.45) is 1.33. The summed E-state index contributed by atoms with van der Waals surface area (Å²) in [5.74, 6) is -0.562. The summed E-state index contributed by atoms with van der Waals surface area (Å²) >= 11 is 6.15. The van der Waals surface area contributed by atoms with Gasteiger partial charge in [0.1, 0.15) is 5.15 Å². The minimum Gasteiger partial charge on any atom is -0.366 e. The Morgan fingerprint density at radius 1 is 0.917 bits per heavy atom. The molecule has 0 atom stereocenters. The van der Waals surface area contributed by atoms with Crippen molar-refractivity contribution in [3.8, 4) is 0 Å². The second-order valence-corrected chi connectivity index (χ2v) is 5.98. The summed E-state index contributed by atoms with van der Waals surface area (Å²) in [5, 5.41) is 0.158. The van der Waals surface area contributed by atoms with E-state index in [0.29, 0.717) is 12.8 Å². The minimum absolute atomic E-state index is 0.158. The number of primary amides is 1. The molecule has 3 aromatic rings. The summed E-state index contributed by atoms with van der Waals surface area (Å²) in [5.41, 5.74) is 9.79. The van der Waals surface area contributed by atoms with Crippen LogP contribution in [0.4, 0.5) is 0 Å². The van der Waals surface area contributed by atoms with Crippen LogP contribution in [-0.4, -0.2) is 10.9 Å². The first-order valence-corrected chi connectivity index (χ1v) is 8.07. The van der Waals surface area contributed by atoms with Crippen molar-refractivity contribution >= 4 is 17.5 Å². The first-order valence-electron chi connectivity index (χ1n) is 7.69. The van der Waals surface area contributed by atoms with E-state index in [2.05, 4.69) is 4.98 Å². The van der Waals surface area contributed by atoms with Crippen molar-refractivity contribution in [2.75, 3.05) is 0 Å². The highest BCUT2D eigenvalue weighted by molar-refractivity contribution is 6.32. The van der Waals surface area contributed by atoms with Gasteiger partial charge < -0.3 is 5.73 Å². The Bertz CT molecular complexity index is 848. The lowest BCUT2D eigenvalue weighted by Crippen LogP contribution is -2.14. The van der Waals surface area contributed by atoms with E-state index in [1.807, 2.05) is 60.7 Å². The van der Waals surface area contributed by atoms with E-state index in [1.54, 1.807) is 6.07 Å². The molecule has 0 aliphatic rings. The Hall–Kier alpha value is -2.65. The van der Waals surface area contributed by atoms with Crippen molar-refractivity contribution in [2.45, 2.75) is 12.8 Å². The molecule has 1 aromatic heterocycles. The van der Waals surface area contributed by atoms with Crippen LogP contribution in [0.5, 0.6) is 0 Å². The van der Waals surface area contributed by atoms with Gasteiger partial charge in [0.05, 0.1) is 11.3 Å². The average molecular weight is 337 g/mol. The van der Waals surface area contributed by atoms with Crippen LogP contribution in [0.25, 0.3) is 0 Å². The maximum atomic E-state index is 11.6. The largest absolute Gasteiger partial charge is 0.366 e. The number of halogens is 1. The van der Waals surface area contributed by atoms with Crippen LogP contribution in [0.2, 0.25) is 5.15 Å². The molecule has 3 rings (SSSR count). The monoisotopic (exact) mass is 336 g/mol. The van der Waals surface area contributed by atoms with E-state index >= 15 is 0 Å². The fourth-order valence-corrected chi connectivity index (χ4v) is 2.90. The van der Waals surface area contributed by atoms with E-state index < -0.39 is 5.91 Å². The normalized spacial score (nSPS) is 10.5. The van der Waals surface area contributed by atoms with Gasteiger partial charge in [-0.25, -0.2) is 4.98 Å². The van der Waals surface area contributed by atoms with Crippen molar-refractivity contribution in [3.63, 3.8) is 0 Å². The van der Waals surface area contributed by atoms with E-state index in [1.165, 1.54) is 0 Å². The Kier molecular flexibility index (Phi) is 4.92. The van der Waals surface area contributed by atoms with Crippen molar-refractivity contribution in [1.82, 2.24) is 4.98 Å². The summed E-state index contributed by atoms with van der Waals surface area (Å²) in [7, 11) is 0. The van der Waals surface area contributed by atoms with Crippen LogP contribution in [0.1, 0.15) is 32.7 Å². The number of carbonyl (C=O) groups excluding carboxylic acids is 1. The number of benzene rings is 2. The first kappa shape index (κ1) is 16.2. The summed E-state index contributed by atoms with van der Waals surface area (Å²) in [6.45, 7) is 0. The lowest BCUT2D eigenvalue weighted by molar-refractivity contribution is 0.1000. The third kappa shape index (κ3) is 3.81. The molecule has 1 heterocycles. The zero-order valence-corrected chi connectivity index (χ0v) is 13.8. The van der Waals surface area contributed by atoms with Crippen LogP contribution in [0.3, 0.4) is 0 Å². The molecule has 24 heavy (non-hydrogen) atoms. The van der Waals surface area contributed by atoms with Gasteiger partial charge in [0, 0.05) is 6.42 Å². The molecule has 1 amide bonds. The lowest BCUT2D eigenvalue weighted by atomic mass is 9.98. The smallest absolute Gasteiger partial charge is 0.251 e. The molecule has 0 bridgehead atoms.